The fourth-order valence-corrected chi connectivity index (χ4v) is 5.35. The number of piperazine rings is 1. The monoisotopic (exact) mass is 469 g/mol. The number of pyridine rings is 1. The van der Waals surface area contributed by atoms with E-state index in [0.717, 1.165) is 51.4 Å². The van der Waals surface area contributed by atoms with E-state index in [9.17, 15) is 4.79 Å². The Bertz CT molecular complexity index is 873. The molecule has 2 unspecified atom stereocenters. The van der Waals surface area contributed by atoms with Gasteiger partial charge in [-0.25, -0.2) is 9.78 Å². The lowest BCUT2D eigenvalue weighted by molar-refractivity contribution is 0.139. The summed E-state index contributed by atoms with van der Waals surface area (Å²) >= 11 is 5.92. The van der Waals surface area contributed by atoms with E-state index in [1.165, 1.54) is 18.4 Å². The second-order valence-corrected chi connectivity index (χ2v) is 9.96. The zero-order valence-electron chi connectivity index (χ0n) is 19.8. The number of hydrogen-bond donors (Lipinski definition) is 1. The first kappa shape index (κ1) is 23.8. The van der Waals surface area contributed by atoms with Gasteiger partial charge in [-0.1, -0.05) is 41.9 Å². The minimum Gasteiger partial charge on any atom is -0.366 e. The first-order chi connectivity index (χ1) is 16.0. The van der Waals surface area contributed by atoms with Crippen LogP contribution >= 0.6 is 11.6 Å². The number of benzene rings is 1. The molecule has 1 N–H and O–H groups in total. The molecule has 2 fully saturated rings. The number of urea groups is 1. The molecule has 2 aliphatic rings. The number of amides is 2. The van der Waals surface area contributed by atoms with E-state index in [1.807, 2.05) is 23.2 Å². The molecule has 1 aromatic heterocycles. The fourth-order valence-electron chi connectivity index (χ4n) is 5.24. The highest BCUT2D eigenvalue weighted by Gasteiger charge is 2.33. The van der Waals surface area contributed by atoms with Crippen LogP contribution in [-0.2, 0) is 6.54 Å². The zero-order valence-corrected chi connectivity index (χ0v) is 20.5. The van der Waals surface area contributed by atoms with Gasteiger partial charge >= 0.3 is 6.03 Å². The standard InChI is InChI=1S/C26H36ClN5O/c1-20-17-31(24-8-9-25(27)29-16-24)18-21(2)32(20)26(33)28-13-10-22-11-14-30(15-12-22)19-23-6-4-3-5-7-23/h3-9,16,20-22H,10-15,17-19H2,1-2H3,(H,28,33). The second kappa shape index (κ2) is 11.2. The van der Waals surface area contributed by atoms with Crippen molar-refractivity contribution in [3.05, 3.63) is 59.4 Å². The lowest BCUT2D eigenvalue weighted by Gasteiger charge is -2.45. The van der Waals surface area contributed by atoms with Crippen LogP contribution in [0.15, 0.2) is 48.7 Å². The van der Waals surface area contributed by atoms with E-state index in [1.54, 1.807) is 0 Å². The molecular weight excluding hydrogens is 434 g/mol. The van der Waals surface area contributed by atoms with Crippen molar-refractivity contribution in [1.82, 2.24) is 20.1 Å². The number of halogens is 1. The van der Waals surface area contributed by atoms with Gasteiger partial charge in [0.25, 0.3) is 0 Å². The normalized spacial score (nSPS) is 22.4. The van der Waals surface area contributed by atoms with Crippen molar-refractivity contribution in [1.29, 1.82) is 0 Å². The van der Waals surface area contributed by atoms with Crippen LogP contribution in [0.5, 0.6) is 0 Å². The van der Waals surface area contributed by atoms with Crippen molar-refractivity contribution in [3.8, 4) is 0 Å². The van der Waals surface area contributed by atoms with Gasteiger partial charge in [0.1, 0.15) is 5.15 Å². The largest absolute Gasteiger partial charge is 0.366 e. The number of anilines is 1. The Kier molecular flexibility index (Phi) is 8.10. The number of likely N-dealkylation sites (tertiary alicyclic amines) is 1. The van der Waals surface area contributed by atoms with Crippen LogP contribution in [0.2, 0.25) is 5.15 Å². The molecule has 0 radical (unpaired) electrons. The van der Waals surface area contributed by atoms with Crippen LogP contribution in [0.4, 0.5) is 10.5 Å². The van der Waals surface area contributed by atoms with E-state index in [4.69, 9.17) is 11.6 Å². The number of nitrogens with zero attached hydrogens (tertiary/aromatic N) is 4. The first-order valence-corrected chi connectivity index (χ1v) is 12.6. The number of rotatable bonds is 6. The summed E-state index contributed by atoms with van der Waals surface area (Å²) in [5.74, 6) is 0.696. The summed E-state index contributed by atoms with van der Waals surface area (Å²) in [6.45, 7) is 9.90. The molecule has 2 aliphatic heterocycles. The number of hydrogen-bond acceptors (Lipinski definition) is 4. The minimum absolute atomic E-state index is 0.0606. The molecule has 2 saturated heterocycles. The van der Waals surface area contributed by atoms with E-state index in [2.05, 4.69) is 64.3 Å². The number of nitrogens with one attached hydrogen (secondary N) is 1. The lowest BCUT2D eigenvalue weighted by atomic mass is 9.93. The van der Waals surface area contributed by atoms with Crippen LogP contribution < -0.4 is 10.2 Å². The minimum atomic E-state index is 0.0606. The van der Waals surface area contributed by atoms with Gasteiger partial charge in [0.2, 0.25) is 0 Å². The number of piperidine rings is 1. The average Bonchev–Trinajstić information content (AvgIpc) is 2.81. The summed E-state index contributed by atoms with van der Waals surface area (Å²) in [4.78, 5) is 24.0. The van der Waals surface area contributed by atoms with Gasteiger partial charge in [0, 0.05) is 38.3 Å². The smallest absolute Gasteiger partial charge is 0.318 e. The van der Waals surface area contributed by atoms with Crippen LogP contribution in [-0.4, -0.2) is 65.6 Å². The molecule has 0 saturated carbocycles. The molecule has 6 nitrogen and oxygen atoms in total. The van der Waals surface area contributed by atoms with Gasteiger partial charge in [0.05, 0.1) is 11.9 Å². The zero-order chi connectivity index (χ0) is 23.2. The SMILES string of the molecule is CC1CN(c2ccc(Cl)nc2)CC(C)N1C(=O)NCCC1CCN(Cc2ccccc2)CC1. The highest BCUT2D eigenvalue weighted by molar-refractivity contribution is 6.29. The van der Waals surface area contributed by atoms with Crippen LogP contribution in [0.3, 0.4) is 0 Å². The summed E-state index contributed by atoms with van der Waals surface area (Å²) < 4.78 is 0. The third-order valence-electron chi connectivity index (χ3n) is 7.02. The van der Waals surface area contributed by atoms with E-state index >= 15 is 0 Å². The maximum absolute atomic E-state index is 13.0. The van der Waals surface area contributed by atoms with Gasteiger partial charge < -0.3 is 15.1 Å². The van der Waals surface area contributed by atoms with Gasteiger partial charge in [-0.05, 0) is 69.8 Å². The predicted molar refractivity (Wildman–Crippen MR) is 135 cm³/mol. The van der Waals surface area contributed by atoms with Crippen molar-refractivity contribution in [3.63, 3.8) is 0 Å². The molecule has 4 rings (SSSR count). The third-order valence-corrected chi connectivity index (χ3v) is 7.24. The van der Waals surface area contributed by atoms with Crippen LogP contribution in [0, 0.1) is 5.92 Å². The van der Waals surface area contributed by atoms with Gasteiger partial charge in [-0.3, -0.25) is 4.90 Å². The van der Waals surface area contributed by atoms with Crippen molar-refractivity contribution in [2.24, 2.45) is 5.92 Å². The molecule has 0 spiro atoms. The molecule has 3 heterocycles. The predicted octanol–water partition coefficient (Wildman–Crippen LogP) is 4.65. The molecule has 2 amide bonds. The van der Waals surface area contributed by atoms with E-state index in [-0.39, 0.29) is 18.1 Å². The topological polar surface area (TPSA) is 51.7 Å². The molecule has 2 atom stereocenters. The van der Waals surface area contributed by atoms with E-state index < -0.39 is 0 Å². The van der Waals surface area contributed by atoms with Crippen molar-refractivity contribution in [2.45, 2.75) is 51.7 Å². The highest BCUT2D eigenvalue weighted by Crippen LogP contribution is 2.24. The molecule has 0 bridgehead atoms. The second-order valence-electron chi connectivity index (χ2n) is 9.58. The van der Waals surface area contributed by atoms with Crippen LogP contribution in [0.1, 0.15) is 38.7 Å². The summed E-state index contributed by atoms with van der Waals surface area (Å²) in [7, 11) is 0. The Hall–Kier alpha value is -2.31. The van der Waals surface area contributed by atoms with Crippen molar-refractivity contribution in [2.75, 3.05) is 37.6 Å². The summed E-state index contributed by atoms with van der Waals surface area (Å²) in [6, 6.07) is 14.8. The van der Waals surface area contributed by atoms with Gasteiger partial charge in [-0.2, -0.15) is 0 Å². The van der Waals surface area contributed by atoms with Crippen molar-refractivity contribution < 1.29 is 4.79 Å². The Morgan fingerprint density at radius 1 is 1.06 bits per heavy atom. The van der Waals surface area contributed by atoms with Crippen LogP contribution in [0.25, 0.3) is 0 Å². The molecule has 178 valence electrons. The van der Waals surface area contributed by atoms with Crippen molar-refractivity contribution >= 4 is 23.3 Å². The summed E-state index contributed by atoms with van der Waals surface area (Å²) in [5, 5.41) is 3.70. The average molecular weight is 470 g/mol. The Labute approximate surface area is 202 Å². The summed E-state index contributed by atoms with van der Waals surface area (Å²) in [6.07, 6.45) is 5.29. The number of carbonyl (C=O) groups excluding carboxylic acids is 1. The van der Waals surface area contributed by atoms with Gasteiger partial charge in [-0.15, -0.1) is 0 Å². The molecular formula is C26H36ClN5O. The maximum Gasteiger partial charge on any atom is 0.318 e. The van der Waals surface area contributed by atoms with Gasteiger partial charge in [0.15, 0.2) is 0 Å². The molecule has 1 aromatic carbocycles. The fraction of sp³-hybridized carbons (Fsp3) is 0.538. The number of carbonyl (C=O) groups is 1. The first-order valence-electron chi connectivity index (χ1n) is 12.2. The third kappa shape index (κ3) is 6.39. The van der Waals surface area contributed by atoms with E-state index in [0.29, 0.717) is 11.1 Å². The molecule has 0 aliphatic carbocycles. The Balaban J connectivity index is 1.18. The Morgan fingerprint density at radius 3 is 2.39 bits per heavy atom. The maximum atomic E-state index is 13.0. The molecule has 33 heavy (non-hydrogen) atoms. The molecule has 2 aromatic rings. The Morgan fingerprint density at radius 2 is 1.76 bits per heavy atom. The summed E-state index contributed by atoms with van der Waals surface area (Å²) in [5.41, 5.74) is 2.44. The quantitative estimate of drug-likeness (QED) is 0.626. The number of aromatic nitrogens is 1. The highest BCUT2D eigenvalue weighted by atomic mass is 35.5. The molecule has 7 heteroatoms. The lowest BCUT2D eigenvalue weighted by Crippen LogP contribution is -2.61.